The predicted molar refractivity (Wildman–Crippen MR) is 110 cm³/mol. The zero-order valence-corrected chi connectivity index (χ0v) is 17.6. The fraction of sp³-hybridized carbons (Fsp3) is 0.429. The van der Waals surface area contributed by atoms with E-state index in [0.717, 1.165) is 0 Å². The Hall–Kier alpha value is -3.14. The lowest BCUT2D eigenvalue weighted by atomic mass is 9.79. The molecule has 1 aliphatic rings. The highest BCUT2D eigenvalue weighted by Gasteiger charge is 2.47. The molecule has 0 aromatic carbocycles. The van der Waals surface area contributed by atoms with Crippen molar-refractivity contribution in [2.75, 3.05) is 0 Å². The van der Waals surface area contributed by atoms with Crippen LogP contribution in [0.25, 0.3) is 22.5 Å². The van der Waals surface area contributed by atoms with E-state index in [1.807, 2.05) is 13.8 Å². The van der Waals surface area contributed by atoms with Gasteiger partial charge in [0.05, 0.1) is 11.8 Å². The number of nitrogens with zero attached hydrogens (tertiary/aromatic N) is 4. The van der Waals surface area contributed by atoms with Crippen LogP contribution >= 0.6 is 0 Å². The molecule has 10 heteroatoms. The normalized spacial score (nSPS) is 22.3. The smallest absolute Gasteiger partial charge is 0.233 e. The van der Waals surface area contributed by atoms with Gasteiger partial charge in [0.15, 0.2) is 6.17 Å². The minimum absolute atomic E-state index is 0.180. The van der Waals surface area contributed by atoms with Gasteiger partial charge < -0.3 is 15.2 Å². The second-order valence-corrected chi connectivity index (χ2v) is 8.94. The maximum Gasteiger partial charge on any atom is 0.233 e. The van der Waals surface area contributed by atoms with Gasteiger partial charge in [0, 0.05) is 35.3 Å². The number of H-pyrrole nitrogens is 1. The van der Waals surface area contributed by atoms with Gasteiger partial charge in [-0.1, -0.05) is 0 Å². The maximum absolute atomic E-state index is 14.9. The molecule has 0 unspecified atom stereocenters. The Kier molecular flexibility index (Phi) is 5.12. The third kappa shape index (κ3) is 4.20. The zero-order valence-electron chi connectivity index (χ0n) is 17.6. The van der Waals surface area contributed by atoms with Crippen LogP contribution in [0.2, 0.25) is 0 Å². The molecule has 4 heterocycles. The summed E-state index contributed by atoms with van der Waals surface area (Å²) in [4.78, 5) is 4.17. The van der Waals surface area contributed by atoms with Crippen molar-refractivity contribution in [3.05, 3.63) is 36.5 Å². The van der Waals surface area contributed by atoms with Gasteiger partial charge in [0.2, 0.25) is 11.8 Å². The largest absolute Gasteiger partial charge is 0.506 e. The van der Waals surface area contributed by atoms with Gasteiger partial charge in [-0.15, -0.1) is 10.2 Å². The number of pyridine rings is 1. The van der Waals surface area contributed by atoms with E-state index in [1.165, 1.54) is 18.5 Å². The Morgan fingerprint density at radius 2 is 1.94 bits per heavy atom. The molecule has 1 saturated heterocycles. The lowest BCUT2D eigenvalue weighted by molar-refractivity contribution is -0.0281. The number of halogens is 2. The van der Waals surface area contributed by atoms with E-state index in [-0.39, 0.29) is 28.4 Å². The molecule has 0 amide bonds. The quantitative estimate of drug-likeness (QED) is 0.582. The van der Waals surface area contributed by atoms with E-state index in [9.17, 15) is 13.9 Å². The SMILES string of the molecule is CC1(C)C[C@@H](Oc2ccc(-c3ncc(-c4cn[nH]c4F)cc3O)nn2)[C@@H](F)C(C)(C)N1. The number of hydrogen-bond acceptors (Lipinski definition) is 7. The monoisotopic (exact) mass is 430 g/mol. The van der Waals surface area contributed by atoms with Crippen molar-refractivity contribution in [3.8, 4) is 34.1 Å². The van der Waals surface area contributed by atoms with Crippen LogP contribution in [0.3, 0.4) is 0 Å². The van der Waals surface area contributed by atoms with Crippen LogP contribution in [0.4, 0.5) is 8.78 Å². The Balaban J connectivity index is 1.53. The second kappa shape index (κ2) is 7.52. The number of aromatic hydroxyl groups is 1. The van der Waals surface area contributed by atoms with E-state index in [4.69, 9.17) is 4.74 Å². The molecule has 4 rings (SSSR count). The minimum atomic E-state index is -1.23. The molecule has 1 fully saturated rings. The van der Waals surface area contributed by atoms with Gasteiger partial charge in [0.1, 0.15) is 23.2 Å². The van der Waals surface area contributed by atoms with E-state index < -0.39 is 23.8 Å². The first kappa shape index (κ1) is 21.1. The molecule has 3 N–H and O–H groups in total. The van der Waals surface area contributed by atoms with Crippen molar-refractivity contribution in [1.82, 2.24) is 30.7 Å². The number of nitrogens with one attached hydrogen (secondary N) is 2. The molecular formula is C21H24F2N6O2. The summed E-state index contributed by atoms with van der Waals surface area (Å²) < 4.78 is 34.4. The van der Waals surface area contributed by atoms with Crippen LogP contribution in [0.5, 0.6) is 11.6 Å². The van der Waals surface area contributed by atoms with Crippen molar-refractivity contribution in [2.45, 2.75) is 57.5 Å². The van der Waals surface area contributed by atoms with Crippen LogP contribution < -0.4 is 10.1 Å². The Labute approximate surface area is 178 Å². The average Bonchev–Trinajstić information content (AvgIpc) is 3.11. The molecular weight excluding hydrogens is 406 g/mol. The third-order valence-electron chi connectivity index (χ3n) is 5.31. The predicted octanol–water partition coefficient (Wildman–Crippen LogP) is 3.41. The van der Waals surface area contributed by atoms with Crippen molar-refractivity contribution >= 4 is 0 Å². The number of hydrogen-bond donors (Lipinski definition) is 3. The molecule has 0 aliphatic carbocycles. The Bertz CT molecular complexity index is 1080. The number of rotatable bonds is 4. The summed E-state index contributed by atoms with van der Waals surface area (Å²) in [5, 5.41) is 27.5. The summed E-state index contributed by atoms with van der Waals surface area (Å²) in [5.41, 5.74) is -0.00350. The van der Waals surface area contributed by atoms with E-state index in [2.05, 4.69) is 30.7 Å². The topological polar surface area (TPSA) is 109 Å². The molecule has 164 valence electrons. The standard InChI is InChI=1S/C21H24F2N6O2/c1-20(2)8-15(18(22)21(3,4)29-20)31-16-6-5-13(26-27-16)17-14(30)7-11(9-24-17)12-10-25-28-19(12)23/h5-7,9-10,15,18,29-30H,8H2,1-4H3,(H,25,28)/t15-,18-/m1/s1. The molecule has 31 heavy (non-hydrogen) atoms. The first-order valence-corrected chi connectivity index (χ1v) is 9.88. The van der Waals surface area contributed by atoms with Gasteiger partial charge >= 0.3 is 0 Å². The van der Waals surface area contributed by atoms with E-state index in [1.54, 1.807) is 26.0 Å². The van der Waals surface area contributed by atoms with E-state index >= 15 is 0 Å². The molecule has 0 radical (unpaired) electrons. The summed E-state index contributed by atoms with van der Waals surface area (Å²) >= 11 is 0. The van der Waals surface area contributed by atoms with Gasteiger partial charge in [-0.3, -0.25) is 5.10 Å². The molecule has 8 nitrogen and oxygen atoms in total. The molecule has 3 aromatic rings. The summed E-state index contributed by atoms with van der Waals surface area (Å²) in [6.45, 7) is 7.60. The fourth-order valence-corrected chi connectivity index (χ4v) is 4.10. The highest BCUT2D eigenvalue weighted by Crippen LogP contribution is 2.34. The Morgan fingerprint density at radius 1 is 1.16 bits per heavy atom. The van der Waals surface area contributed by atoms with Crippen LogP contribution in [0.15, 0.2) is 30.6 Å². The van der Waals surface area contributed by atoms with Gasteiger partial charge in [0.25, 0.3) is 0 Å². The fourth-order valence-electron chi connectivity index (χ4n) is 4.10. The average molecular weight is 430 g/mol. The molecule has 0 spiro atoms. The van der Waals surface area contributed by atoms with Gasteiger partial charge in [-0.2, -0.15) is 9.49 Å². The number of aromatic nitrogens is 5. The number of aromatic amines is 1. The Morgan fingerprint density at radius 3 is 2.55 bits per heavy atom. The van der Waals surface area contributed by atoms with Crippen molar-refractivity contribution in [1.29, 1.82) is 0 Å². The number of piperidine rings is 1. The highest BCUT2D eigenvalue weighted by molar-refractivity contribution is 5.69. The summed E-state index contributed by atoms with van der Waals surface area (Å²) in [5.74, 6) is -0.626. The first-order valence-electron chi connectivity index (χ1n) is 9.88. The molecule has 0 bridgehead atoms. The van der Waals surface area contributed by atoms with Crippen molar-refractivity contribution in [2.24, 2.45) is 0 Å². The van der Waals surface area contributed by atoms with Crippen LogP contribution in [-0.2, 0) is 0 Å². The maximum atomic E-state index is 14.9. The lowest BCUT2D eigenvalue weighted by Gasteiger charge is -2.48. The highest BCUT2D eigenvalue weighted by atomic mass is 19.1. The summed E-state index contributed by atoms with van der Waals surface area (Å²) in [6.07, 6.45) is 1.27. The molecule has 0 saturated carbocycles. The van der Waals surface area contributed by atoms with Gasteiger partial charge in [-0.25, -0.2) is 9.37 Å². The molecule has 3 aromatic heterocycles. The first-order chi connectivity index (χ1) is 14.6. The van der Waals surface area contributed by atoms with Crippen LogP contribution in [0, 0.1) is 5.95 Å². The molecule has 2 atom stereocenters. The number of ether oxygens (including phenoxy) is 1. The summed E-state index contributed by atoms with van der Waals surface area (Å²) in [7, 11) is 0. The summed E-state index contributed by atoms with van der Waals surface area (Å²) in [6, 6.07) is 4.50. The molecule has 1 aliphatic heterocycles. The second-order valence-electron chi connectivity index (χ2n) is 8.94. The lowest BCUT2D eigenvalue weighted by Crippen LogP contribution is -2.66. The van der Waals surface area contributed by atoms with Gasteiger partial charge in [-0.05, 0) is 39.8 Å². The van der Waals surface area contributed by atoms with Crippen molar-refractivity contribution in [3.63, 3.8) is 0 Å². The minimum Gasteiger partial charge on any atom is -0.506 e. The zero-order chi connectivity index (χ0) is 22.4. The number of alkyl halides is 1. The van der Waals surface area contributed by atoms with E-state index in [0.29, 0.717) is 17.7 Å². The van der Waals surface area contributed by atoms with Crippen LogP contribution in [0.1, 0.15) is 34.1 Å². The van der Waals surface area contributed by atoms with Crippen molar-refractivity contribution < 1.29 is 18.6 Å². The third-order valence-corrected chi connectivity index (χ3v) is 5.31. The van der Waals surface area contributed by atoms with Crippen LogP contribution in [-0.4, -0.2) is 53.8 Å².